The average Bonchev–Trinajstić information content (AvgIpc) is 2.97. The van der Waals surface area contributed by atoms with E-state index in [2.05, 4.69) is 9.97 Å². The van der Waals surface area contributed by atoms with Crippen molar-refractivity contribution in [2.24, 2.45) is 0 Å². The Morgan fingerprint density at radius 3 is 2.79 bits per heavy atom. The fourth-order valence-electron chi connectivity index (χ4n) is 3.07. The van der Waals surface area contributed by atoms with Crippen LogP contribution in [-0.4, -0.2) is 21.0 Å². The lowest BCUT2D eigenvalue weighted by Gasteiger charge is -2.05. The number of aromatic amines is 1. The van der Waals surface area contributed by atoms with E-state index in [1.165, 1.54) is 12.1 Å². The number of benzene rings is 2. The summed E-state index contributed by atoms with van der Waals surface area (Å²) in [7, 11) is 0. The normalized spacial score (nSPS) is 11.2. The molecule has 0 atom stereocenters. The van der Waals surface area contributed by atoms with Crippen molar-refractivity contribution in [2.75, 3.05) is 0 Å². The maximum Gasteiger partial charge on any atom is 0.336 e. The molecular formula is C19H13FN2O2. The number of aromatic carboxylic acids is 1. The molecule has 2 aromatic heterocycles. The van der Waals surface area contributed by atoms with Gasteiger partial charge in [0.05, 0.1) is 16.8 Å². The number of halogens is 1. The SMILES string of the molecule is Cc1cc(F)cc2c(-c3ccc4c(C(=O)O)cccc4n3)c[nH]c12. The zero-order valence-corrected chi connectivity index (χ0v) is 12.8. The molecular weight excluding hydrogens is 307 g/mol. The molecule has 0 unspecified atom stereocenters. The number of hydrogen-bond donors (Lipinski definition) is 2. The molecule has 5 heteroatoms. The highest BCUT2D eigenvalue weighted by molar-refractivity contribution is 6.04. The van der Waals surface area contributed by atoms with Crippen LogP contribution in [0.2, 0.25) is 0 Å². The van der Waals surface area contributed by atoms with Gasteiger partial charge in [-0.2, -0.15) is 0 Å². The average molecular weight is 320 g/mol. The van der Waals surface area contributed by atoms with Crippen LogP contribution in [0.1, 0.15) is 15.9 Å². The minimum Gasteiger partial charge on any atom is -0.478 e. The summed E-state index contributed by atoms with van der Waals surface area (Å²) in [5, 5.41) is 10.6. The Labute approximate surface area is 136 Å². The third kappa shape index (κ3) is 2.13. The van der Waals surface area contributed by atoms with Gasteiger partial charge < -0.3 is 10.1 Å². The number of carboxylic acids is 1. The minimum atomic E-state index is -0.986. The van der Waals surface area contributed by atoms with Crippen LogP contribution in [0.25, 0.3) is 33.1 Å². The second-order valence-electron chi connectivity index (χ2n) is 5.72. The van der Waals surface area contributed by atoms with E-state index in [1.807, 2.05) is 6.92 Å². The first-order valence-corrected chi connectivity index (χ1v) is 7.45. The Kier molecular flexibility index (Phi) is 3.09. The topological polar surface area (TPSA) is 66.0 Å². The summed E-state index contributed by atoms with van der Waals surface area (Å²) >= 11 is 0. The van der Waals surface area contributed by atoms with Crippen LogP contribution in [0.3, 0.4) is 0 Å². The molecule has 2 N–H and O–H groups in total. The van der Waals surface area contributed by atoms with Crippen LogP contribution >= 0.6 is 0 Å². The van der Waals surface area contributed by atoms with E-state index in [9.17, 15) is 14.3 Å². The van der Waals surface area contributed by atoms with E-state index in [4.69, 9.17) is 0 Å². The number of rotatable bonds is 2. The first kappa shape index (κ1) is 14.4. The number of aryl methyl sites for hydroxylation is 1. The molecule has 0 bridgehead atoms. The number of aromatic nitrogens is 2. The van der Waals surface area contributed by atoms with Crippen molar-refractivity contribution in [3.8, 4) is 11.3 Å². The first-order valence-electron chi connectivity index (χ1n) is 7.45. The van der Waals surface area contributed by atoms with E-state index in [-0.39, 0.29) is 11.4 Å². The van der Waals surface area contributed by atoms with Crippen LogP contribution in [0.15, 0.2) is 48.7 Å². The summed E-state index contributed by atoms with van der Waals surface area (Å²) in [6, 6.07) is 11.5. The molecule has 2 aromatic carbocycles. The van der Waals surface area contributed by atoms with Crippen molar-refractivity contribution >= 4 is 27.8 Å². The predicted octanol–water partition coefficient (Wildman–Crippen LogP) is 4.53. The molecule has 4 rings (SSSR count). The highest BCUT2D eigenvalue weighted by Gasteiger charge is 2.13. The maximum atomic E-state index is 13.8. The Hall–Kier alpha value is -3.21. The molecule has 4 aromatic rings. The second kappa shape index (κ2) is 5.16. The third-order valence-electron chi connectivity index (χ3n) is 4.19. The van der Waals surface area contributed by atoms with Crippen LogP contribution in [0.5, 0.6) is 0 Å². The molecule has 0 spiro atoms. The molecule has 0 aliphatic carbocycles. The maximum absolute atomic E-state index is 13.8. The number of hydrogen-bond acceptors (Lipinski definition) is 2. The lowest BCUT2D eigenvalue weighted by atomic mass is 10.0. The summed E-state index contributed by atoms with van der Waals surface area (Å²) in [6.07, 6.45) is 1.80. The van der Waals surface area contributed by atoms with Gasteiger partial charge in [0.1, 0.15) is 5.82 Å². The Bertz CT molecular complexity index is 1120. The molecule has 0 amide bonds. The van der Waals surface area contributed by atoms with Gasteiger partial charge in [-0.05, 0) is 48.9 Å². The molecule has 0 aliphatic heterocycles. The zero-order valence-electron chi connectivity index (χ0n) is 12.8. The molecule has 2 heterocycles. The summed E-state index contributed by atoms with van der Waals surface area (Å²) in [5.41, 5.74) is 3.96. The van der Waals surface area contributed by atoms with E-state index in [0.29, 0.717) is 16.6 Å². The van der Waals surface area contributed by atoms with Gasteiger partial charge in [0.15, 0.2) is 0 Å². The van der Waals surface area contributed by atoms with Crippen LogP contribution in [-0.2, 0) is 0 Å². The van der Waals surface area contributed by atoms with Crippen molar-refractivity contribution in [1.29, 1.82) is 0 Å². The number of carbonyl (C=O) groups is 1. The van der Waals surface area contributed by atoms with Gasteiger partial charge in [0.2, 0.25) is 0 Å². The van der Waals surface area contributed by atoms with Crippen molar-refractivity contribution in [3.63, 3.8) is 0 Å². The minimum absolute atomic E-state index is 0.215. The zero-order chi connectivity index (χ0) is 16.8. The Morgan fingerprint density at radius 1 is 1.17 bits per heavy atom. The Balaban J connectivity index is 1.96. The highest BCUT2D eigenvalue weighted by Crippen LogP contribution is 2.31. The van der Waals surface area contributed by atoms with E-state index >= 15 is 0 Å². The molecule has 4 nitrogen and oxygen atoms in total. The third-order valence-corrected chi connectivity index (χ3v) is 4.19. The van der Waals surface area contributed by atoms with Crippen molar-refractivity contribution in [2.45, 2.75) is 6.92 Å². The quantitative estimate of drug-likeness (QED) is 0.570. The molecule has 0 saturated heterocycles. The standard InChI is InChI=1S/C19H13FN2O2/c1-10-7-11(20)8-14-15(9-21-18(10)14)17-6-5-12-13(19(23)24)3-2-4-16(12)22-17/h2-9,21H,1H3,(H,23,24). The van der Waals surface area contributed by atoms with Crippen LogP contribution < -0.4 is 0 Å². The highest BCUT2D eigenvalue weighted by atomic mass is 19.1. The molecule has 0 aliphatic rings. The van der Waals surface area contributed by atoms with Crippen molar-refractivity contribution < 1.29 is 14.3 Å². The second-order valence-corrected chi connectivity index (χ2v) is 5.72. The fraction of sp³-hybridized carbons (Fsp3) is 0.0526. The van der Waals surface area contributed by atoms with E-state index in [1.54, 1.807) is 36.5 Å². The first-order chi connectivity index (χ1) is 11.5. The molecule has 0 saturated carbocycles. The summed E-state index contributed by atoms with van der Waals surface area (Å²) in [6.45, 7) is 1.85. The van der Waals surface area contributed by atoms with Gasteiger partial charge >= 0.3 is 5.97 Å². The van der Waals surface area contributed by atoms with Crippen LogP contribution in [0.4, 0.5) is 4.39 Å². The number of H-pyrrole nitrogens is 1. The van der Waals surface area contributed by atoms with Gasteiger partial charge in [0, 0.05) is 28.0 Å². The lowest BCUT2D eigenvalue weighted by molar-refractivity contribution is 0.0699. The molecule has 24 heavy (non-hydrogen) atoms. The predicted molar refractivity (Wildman–Crippen MR) is 90.7 cm³/mol. The number of nitrogens with one attached hydrogen (secondary N) is 1. The van der Waals surface area contributed by atoms with Gasteiger partial charge in [-0.25, -0.2) is 14.2 Å². The van der Waals surface area contributed by atoms with Gasteiger partial charge in [0.25, 0.3) is 0 Å². The number of pyridine rings is 1. The van der Waals surface area contributed by atoms with Crippen molar-refractivity contribution in [3.05, 3.63) is 65.6 Å². The monoisotopic (exact) mass is 320 g/mol. The molecule has 118 valence electrons. The van der Waals surface area contributed by atoms with Gasteiger partial charge in [-0.1, -0.05) is 6.07 Å². The van der Waals surface area contributed by atoms with Crippen LogP contribution in [0, 0.1) is 12.7 Å². The fourth-order valence-corrected chi connectivity index (χ4v) is 3.07. The largest absolute Gasteiger partial charge is 0.478 e. The summed E-state index contributed by atoms with van der Waals surface area (Å²) < 4.78 is 13.8. The van der Waals surface area contributed by atoms with Gasteiger partial charge in [-0.15, -0.1) is 0 Å². The lowest BCUT2D eigenvalue weighted by Crippen LogP contribution is -1.98. The molecule has 0 fully saturated rings. The number of nitrogens with zero attached hydrogens (tertiary/aromatic N) is 1. The van der Waals surface area contributed by atoms with E-state index in [0.717, 1.165) is 22.0 Å². The van der Waals surface area contributed by atoms with Crippen molar-refractivity contribution in [1.82, 2.24) is 9.97 Å². The number of carboxylic acid groups (broad SMARTS) is 1. The van der Waals surface area contributed by atoms with E-state index < -0.39 is 5.97 Å². The summed E-state index contributed by atoms with van der Waals surface area (Å²) in [5.74, 6) is -1.28. The molecule has 0 radical (unpaired) electrons. The number of fused-ring (bicyclic) bond motifs is 2. The van der Waals surface area contributed by atoms with Gasteiger partial charge in [-0.3, -0.25) is 0 Å². The smallest absolute Gasteiger partial charge is 0.336 e. The summed E-state index contributed by atoms with van der Waals surface area (Å²) in [4.78, 5) is 19.0. The Morgan fingerprint density at radius 2 is 2.00 bits per heavy atom.